The Morgan fingerprint density at radius 2 is 2.09 bits per heavy atom. The number of nitrogens with two attached hydrogens (primary N) is 2. The molecule has 11 heavy (non-hydrogen) atoms. The predicted octanol–water partition coefficient (Wildman–Crippen LogP) is -1.20. The van der Waals surface area contributed by atoms with Crippen LogP contribution < -0.4 is 11.6 Å². The molecule has 0 saturated heterocycles. The summed E-state index contributed by atoms with van der Waals surface area (Å²) in [6, 6.07) is -0.863. The summed E-state index contributed by atoms with van der Waals surface area (Å²) >= 11 is 0. The lowest BCUT2D eigenvalue weighted by atomic mass is 10.6. The van der Waals surface area contributed by atoms with Crippen molar-refractivity contribution in [3.05, 3.63) is 0 Å². The summed E-state index contributed by atoms with van der Waals surface area (Å²) in [6.07, 6.45) is 0. The Bertz CT molecular complexity index is 159. The van der Waals surface area contributed by atoms with Gasteiger partial charge in [-0.3, -0.25) is 9.80 Å². The van der Waals surface area contributed by atoms with Crippen LogP contribution in [0.15, 0.2) is 0 Å². The number of urea groups is 1. The Morgan fingerprint density at radius 3 is 2.45 bits per heavy atom. The number of ether oxygens (including phenoxy) is 1. The molecule has 0 aromatic rings. The van der Waals surface area contributed by atoms with Gasteiger partial charge in [-0.2, -0.15) is 0 Å². The highest BCUT2D eigenvalue weighted by Crippen LogP contribution is 1.81. The molecule has 0 fully saturated rings. The summed E-state index contributed by atoms with van der Waals surface area (Å²) < 4.78 is 4.49. The second kappa shape index (κ2) is 4.51. The van der Waals surface area contributed by atoms with Crippen molar-refractivity contribution in [2.24, 2.45) is 11.6 Å². The van der Waals surface area contributed by atoms with Crippen molar-refractivity contribution in [3.8, 4) is 0 Å². The Hall–Kier alpha value is -1.30. The molecular weight excluding hydrogens is 150 g/mol. The van der Waals surface area contributed by atoms with E-state index in [4.69, 9.17) is 11.6 Å². The highest BCUT2D eigenvalue weighted by Gasteiger charge is 2.09. The van der Waals surface area contributed by atoms with Crippen molar-refractivity contribution in [3.63, 3.8) is 0 Å². The van der Waals surface area contributed by atoms with E-state index in [1.807, 2.05) is 0 Å². The summed E-state index contributed by atoms with van der Waals surface area (Å²) in [5, 5.41) is 0.581. The van der Waals surface area contributed by atoms with Gasteiger partial charge in [-0.05, 0) is 6.92 Å². The van der Waals surface area contributed by atoms with Gasteiger partial charge in [0, 0.05) is 0 Å². The van der Waals surface area contributed by atoms with Crippen LogP contribution in [0, 0.1) is 0 Å². The van der Waals surface area contributed by atoms with E-state index in [0.29, 0.717) is 5.01 Å². The third-order valence-corrected chi connectivity index (χ3v) is 0.888. The molecule has 64 valence electrons. The monoisotopic (exact) mass is 161 g/mol. The molecule has 0 aliphatic carbocycles. The Labute approximate surface area is 64.0 Å². The quantitative estimate of drug-likeness (QED) is 0.235. The molecule has 0 spiro atoms. The minimum atomic E-state index is -0.863. The number of hydrazine groups is 1. The van der Waals surface area contributed by atoms with Crippen molar-refractivity contribution < 1.29 is 14.3 Å². The molecule has 0 aromatic carbocycles. The van der Waals surface area contributed by atoms with Gasteiger partial charge in [-0.15, -0.1) is 0 Å². The van der Waals surface area contributed by atoms with E-state index in [2.05, 4.69) is 4.74 Å². The van der Waals surface area contributed by atoms with Crippen LogP contribution in [0.5, 0.6) is 0 Å². The third kappa shape index (κ3) is 4.15. The second-order valence-electron chi connectivity index (χ2n) is 1.77. The fraction of sp³-hybridized carbons (Fsp3) is 0.600. The zero-order valence-corrected chi connectivity index (χ0v) is 6.24. The first-order chi connectivity index (χ1) is 5.07. The van der Waals surface area contributed by atoms with E-state index in [-0.39, 0.29) is 13.2 Å². The maximum atomic E-state index is 10.6. The van der Waals surface area contributed by atoms with E-state index in [9.17, 15) is 9.59 Å². The van der Waals surface area contributed by atoms with E-state index in [1.54, 1.807) is 6.92 Å². The molecule has 0 unspecified atom stereocenters. The van der Waals surface area contributed by atoms with E-state index in [1.165, 1.54) is 0 Å². The lowest BCUT2D eigenvalue weighted by molar-refractivity contribution is -0.143. The Kier molecular flexibility index (Phi) is 3.97. The molecule has 0 aliphatic rings. The number of amides is 2. The fourth-order valence-electron chi connectivity index (χ4n) is 0.424. The summed E-state index contributed by atoms with van der Waals surface area (Å²) in [6.45, 7) is 1.59. The van der Waals surface area contributed by atoms with Gasteiger partial charge in [-0.25, -0.2) is 10.6 Å². The van der Waals surface area contributed by atoms with Crippen LogP contribution in [-0.2, 0) is 9.53 Å². The first-order valence-electron chi connectivity index (χ1n) is 3.05. The van der Waals surface area contributed by atoms with Gasteiger partial charge in [0.2, 0.25) is 0 Å². The Balaban J connectivity index is 3.66. The molecule has 6 nitrogen and oxygen atoms in total. The number of hydrogen-bond acceptors (Lipinski definition) is 4. The van der Waals surface area contributed by atoms with Gasteiger partial charge < -0.3 is 10.5 Å². The normalized spacial score (nSPS) is 8.91. The summed E-state index contributed by atoms with van der Waals surface area (Å²) in [7, 11) is 0. The highest BCUT2D eigenvalue weighted by molar-refractivity contribution is 5.79. The molecular formula is C5H11N3O3. The van der Waals surface area contributed by atoms with Crippen molar-refractivity contribution in [2.45, 2.75) is 6.92 Å². The molecule has 0 radical (unpaired) electrons. The van der Waals surface area contributed by atoms with E-state index in [0.717, 1.165) is 0 Å². The lowest BCUT2D eigenvalue weighted by Gasteiger charge is -2.11. The summed E-state index contributed by atoms with van der Waals surface area (Å²) in [5.41, 5.74) is 4.73. The van der Waals surface area contributed by atoms with Crippen LogP contribution >= 0.6 is 0 Å². The molecule has 0 atom stereocenters. The van der Waals surface area contributed by atoms with Crippen LogP contribution in [0.2, 0.25) is 0 Å². The number of rotatable bonds is 3. The molecule has 0 saturated carbocycles. The van der Waals surface area contributed by atoms with Gasteiger partial charge in [0.15, 0.2) is 0 Å². The topological polar surface area (TPSA) is 98.7 Å². The first-order valence-corrected chi connectivity index (χ1v) is 3.05. The summed E-state index contributed by atoms with van der Waals surface area (Å²) in [4.78, 5) is 20.9. The van der Waals surface area contributed by atoms with Crippen molar-refractivity contribution in [2.75, 3.05) is 13.2 Å². The Morgan fingerprint density at radius 1 is 1.55 bits per heavy atom. The maximum absolute atomic E-state index is 10.6. The highest BCUT2D eigenvalue weighted by atomic mass is 16.5. The minimum Gasteiger partial charge on any atom is -0.465 e. The zero-order valence-electron chi connectivity index (χ0n) is 6.24. The predicted molar refractivity (Wildman–Crippen MR) is 37.1 cm³/mol. The number of primary amides is 1. The zero-order chi connectivity index (χ0) is 8.85. The first kappa shape index (κ1) is 9.70. The lowest BCUT2D eigenvalue weighted by Crippen LogP contribution is -2.44. The van der Waals surface area contributed by atoms with Gasteiger partial charge >= 0.3 is 12.0 Å². The largest absolute Gasteiger partial charge is 0.465 e. The van der Waals surface area contributed by atoms with Gasteiger partial charge in [-0.1, -0.05) is 0 Å². The second-order valence-corrected chi connectivity index (χ2v) is 1.77. The smallest absolute Gasteiger partial charge is 0.329 e. The number of carbonyl (C=O) groups excluding carboxylic acids is 2. The van der Waals surface area contributed by atoms with Crippen LogP contribution in [0.3, 0.4) is 0 Å². The van der Waals surface area contributed by atoms with Crippen LogP contribution in [0.25, 0.3) is 0 Å². The van der Waals surface area contributed by atoms with Gasteiger partial charge in [0.1, 0.15) is 6.54 Å². The third-order valence-electron chi connectivity index (χ3n) is 0.888. The number of esters is 1. The minimum absolute atomic E-state index is 0.255. The SMILES string of the molecule is CCOC(=O)CN(N)C(N)=O. The number of carbonyl (C=O) groups is 2. The molecule has 4 N–H and O–H groups in total. The number of nitrogens with zero attached hydrogens (tertiary/aromatic N) is 1. The molecule has 0 aromatic heterocycles. The molecule has 0 heterocycles. The van der Waals surface area contributed by atoms with Crippen LogP contribution in [-0.4, -0.2) is 30.2 Å². The standard InChI is InChI=1S/C5H11N3O3/c1-2-11-4(9)3-8(7)5(6)10/h2-3,7H2,1H3,(H2,6,10). The van der Waals surface area contributed by atoms with Crippen molar-refractivity contribution >= 4 is 12.0 Å². The van der Waals surface area contributed by atoms with Crippen LogP contribution in [0.4, 0.5) is 4.79 Å². The van der Waals surface area contributed by atoms with E-state index >= 15 is 0 Å². The molecule has 0 bridgehead atoms. The molecule has 0 aliphatic heterocycles. The average molecular weight is 161 g/mol. The van der Waals surface area contributed by atoms with Crippen LogP contribution in [0.1, 0.15) is 6.92 Å². The summed E-state index contributed by atoms with van der Waals surface area (Å²) in [5.74, 6) is 4.43. The average Bonchev–Trinajstić information content (AvgIpc) is 1.87. The molecule has 6 heteroatoms. The molecule has 0 rings (SSSR count). The fourth-order valence-corrected chi connectivity index (χ4v) is 0.424. The molecule has 2 amide bonds. The van der Waals surface area contributed by atoms with Gasteiger partial charge in [0.05, 0.1) is 6.61 Å². The van der Waals surface area contributed by atoms with Crippen molar-refractivity contribution in [1.82, 2.24) is 5.01 Å². The maximum Gasteiger partial charge on any atom is 0.329 e. The number of hydrogen-bond donors (Lipinski definition) is 2. The van der Waals surface area contributed by atoms with Gasteiger partial charge in [0.25, 0.3) is 0 Å². The van der Waals surface area contributed by atoms with E-state index < -0.39 is 12.0 Å². The van der Waals surface area contributed by atoms with Crippen molar-refractivity contribution in [1.29, 1.82) is 0 Å².